The number of allylic oxidation sites excluding steroid dienone is 2. The second kappa shape index (κ2) is 6.53. The second-order valence-electron chi connectivity index (χ2n) is 5.74. The summed E-state index contributed by atoms with van der Waals surface area (Å²) >= 11 is 0. The van der Waals surface area contributed by atoms with Gasteiger partial charge >= 0.3 is 5.97 Å². The van der Waals surface area contributed by atoms with Gasteiger partial charge in [-0.05, 0) is 33.1 Å². The van der Waals surface area contributed by atoms with Gasteiger partial charge < -0.3 is 14.6 Å². The Balaban J connectivity index is 1.53. The normalized spacial score (nSPS) is 32.8. The Morgan fingerprint density at radius 3 is 2.89 bits per heavy atom. The summed E-state index contributed by atoms with van der Waals surface area (Å²) in [5.74, 6) is 0.149. The molecule has 4 heteroatoms. The molecular formula is C15H24O4. The van der Waals surface area contributed by atoms with E-state index >= 15 is 0 Å². The molecule has 1 saturated carbocycles. The molecule has 2 aliphatic rings. The Bertz CT molecular complexity index is 335. The van der Waals surface area contributed by atoms with Crippen LogP contribution in [0.25, 0.3) is 0 Å². The third-order valence-electron chi connectivity index (χ3n) is 3.71. The number of carbonyl (C=O) groups is 1. The van der Waals surface area contributed by atoms with Crippen LogP contribution in [0.5, 0.6) is 0 Å². The molecule has 4 atom stereocenters. The van der Waals surface area contributed by atoms with Crippen molar-refractivity contribution in [2.75, 3.05) is 0 Å². The van der Waals surface area contributed by atoms with Gasteiger partial charge in [-0.1, -0.05) is 12.2 Å². The number of hydrogen-bond donors (Lipinski definition) is 1. The van der Waals surface area contributed by atoms with Gasteiger partial charge in [0.2, 0.25) is 0 Å². The van der Waals surface area contributed by atoms with E-state index in [-0.39, 0.29) is 24.1 Å². The first-order chi connectivity index (χ1) is 9.08. The molecule has 1 saturated heterocycles. The summed E-state index contributed by atoms with van der Waals surface area (Å²) in [6.45, 7) is 3.72. The number of aliphatic hydroxyl groups is 1. The molecule has 4 nitrogen and oxygen atoms in total. The van der Waals surface area contributed by atoms with Crippen LogP contribution >= 0.6 is 0 Å². The molecule has 108 valence electrons. The number of rotatable bonds is 7. The van der Waals surface area contributed by atoms with Gasteiger partial charge in [0.05, 0.1) is 24.4 Å². The number of aliphatic hydroxyl groups excluding tert-OH is 1. The van der Waals surface area contributed by atoms with E-state index in [0.29, 0.717) is 18.6 Å². The van der Waals surface area contributed by atoms with Crippen molar-refractivity contribution in [2.45, 2.75) is 70.4 Å². The van der Waals surface area contributed by atoms with Crippen LogP contribution in [0.2, 0.25) is 0 Å². The smallest absolute Gasteiger partial charge is 0.306 e. The van der Waals surface area contributed by atoms with E-state index in [9.17, 15) is 9.90 Å². The van der Waals surface area contributed by atoms with E-state index < -0.39 is 0 Å². The molecule has 0 spiro atoms. The highest BCUT2D eigenvalue weighted by atomic mass is 16.6. The lowest BCUT2D eigenvalue weighted by Gasteiger charge is -2.13. The van der Waals surface area contributed by atoms with E-state index in [4.69, 9.17) is 9.47 Å². The van der Waals surface area contributed by atoms with Crippen molar-refractivity contribution in [3.05, 3.63) is 12.2 Å². The number of ether oxygens (including phenoxy) is 2. The van der Waals surface area contributed by atoms with Gasteiger partial charge in [0.25, 0.3) is 0 Å². The van der Waals surface area contributed by atoms with Crippen molar-refractivity contribution in [1.29, 1.82) is 0 Å². The second-order valence-corrected chi connectivity index (χ2v) is 5.74. The van der Waals surface area contributed by atoms with E-state index in [1.165, 1.54) is 0 Å². The van der Waals surface area contributed by atoms with Crippen LogP contribution in [0.1, 0.15) is 46.0 Å². The number of hydrogen-bond acceptors (Lipinski definition) is 4. The average Bonchev–Trinajstić information content (AvgIpc) is 2.99. The Morgan fingerprint density at radius 2 is 2.26 bits per heavy atom. The van der Waals surface area contributed by atoms with Crippen LogP contribution < -0.4 is 0 Å². The molecule has 1 aliphatic heterocycles. The van der Waals surface area contributed by atoms with Gasteiger partial charge in [-0.2, -0.15) is 0 Å². The minimum absolute atomic E-state index is 0.0293. The molecule has 0 amide bonds. The highest BCUT2D eigenvalue weighted by Crippen LogP contribution is 2.44. The highest BCUT2D eigenvalue weighted by Gasteiger charge is 2.54. The summed E-state index contributed by atoms with van der Waals surface area (Å²) in [5, 5.41) is 9.77. The molecule has 19 heavy (non-hydrogen) atoms. The Kier molecular flexibility index (Phi) is 4.99. The van der Waals surface area contributed by atoms with Gasteiger partial charge in [-0.25, -0.2) is 0 Å². The fourth-order valence-electron chi connectivity index (χ4n) is 2.70. The van der Waals surface area contributed by atoms with Crippen LogP contribution in [0.3, 0.4) is 0 Å². The Hall–Kier alpha value is -0.870. The first-order valence-corrected chi connectivity index (χ1v) is 7.26. The zero-order valence-electron chi connectivity index (χ0n) is 11.7. The van der Waals surface area contributed by atoms with Crippen LogP contribution in [-0.2, 0) is 14.3 Å². The highest BCUT2D eigenvalue weighted by molar-refractivity contribution is 5.69. The molecular weight excluding hydrogens is 244 g/mol. The zero-order valence-corrected chi connectivity index (χ0v) is 11.7. The summed E-state index contributed by atoms with van der Waals surface area (Å²) in [7, 11) is 0. The lowest BCUT2D eigenvalue weighted by Crippen LogP contribution is -2.19. The Morgan fingerprint density at radius 1 is 1.47 bits per heavy atom. The molecule has 0 radical (unpaired) electrons. The van der Waals surface area contributed by atoms with E-state index in [1.54, 1.807) is 0 Å². The van der Waals surface area contributed by atoms with Crippen molar-refractivity contribution in [1.82, 2.24) is 0 Å². The summed E-state index contributed by atoms with van der Waals surface area (Å²) in [6.07, 6.45) is 8.41. The summed E-state index contributed by atoms with van der Waals surface area (Å²) < 4.78 is 10.5. The topological polar surface area (TPSA) is 59.1 Å². The first kappa shape index (κ1) is 14.5. The summed E-state index contributed by atoms with van der Waals surface area (Å²) in [4.78, 5) is 11.3. The summed E-state index contributed by atoms with van der Waals surface area (Å²) in [5.41, 5.74) is 0. The third-order valence-corrected chi connectivity index (χ3v) is 3.71. The van der Waals surface area contributed by atoms with Crippen LogP contribution in [-0.4, -0.2) is 35.5 Å². The number of carbonyl (C=O) groups excluding carboxylic acids is 1. The molecule has 4 unspecified atom stereocenters. The number of unbranched alkanes of at least 4 members (excludes halogenated alkanes) is 1. The molecule has 0 aromatic rings. The molecule has 1 aliphatic carbocycles. The zero-order chi connectivity index (χ0) is 13.8. The molecule has 2 rings (SSSR count). The monoisotopic (exact) mass is 268 g/mol. The quantitative estimate of drug-likeness (QED) is 0.333. The Labute approximate surface area is 114 Å². The predicted octanol–water partition coefficient (Wildman–Crippen LogP) is 2.20. The largest absolute Gasteiger partial charge is 0.463 e. The molecule has 1 N–H and O–H groups in total. The number of esters is 1. The predicted molar refractivity (Wildman–Crippen MR) is 71.6 cm³/mol. The van der Waals surface area contributed by atoms with Crippen LogP contribution in [0.4, 0.5) is 0 Å². The van der Waals surface area contributed by atoms with Gasteiger partial charge in [0, 0.05) is 18.8 Å². The first-order valence-electron chi connectivity index (χ1n) is 7.26. The van der Waals surface area contributed by atoms with Gasteiger partial charge in [0.15, 0.2) is 0 Å². The lowest BCUT2D eigenvalue weighted by atomic mass is 10.00. The summed E-state index contributed by atoms with van der Waals surface area (Å²) in [6, 6.07) is 0. The van der Waals surface area contributed by atoms with Gasteiger partial charge in [0.1, 0.15) is 0 Å². The fraction of sp³-hybridized carbons (Fsp3) is 0.800. The lowest BCUT2D eigenvalue weighted by molar-refractivity contribution is -0.147. The SMILES string of the molecule is CC(C)OC(=O)CCC/C=C/CC1C(O)CC2OC21. The molecule has 0 bridgehead atoms. The van der Waals surface area contributed by atoms with Gasteiger partial charge in [-0.3, -0.25) is 4.79 Å². The van der Waals surface area contributed by atoms with Crippen molar-refractivity contribution in [2.24, 2.45) is 5.92 Å². The van der Waals surface area contributed by atoms with E-state index in [2.05, 4.69) is 12.2 Å². The maximum atomic E-state index is 11.3. The standard InChI is InChI=1S/C15H24O4/c1-10(2)18-14(17)8-6-4-3-5-7-11-12(16)9-13-15(11)19-13/h3,5,10-13,15-16H,4,6-9H2,1-2H3/b5-3+. The van der Waals surface area contributed by atoms with Crippen molar-refractivity contribution >= 4 is 5.97 Å². The van der Waals surface area contributed by atoms with Crippen molar-refractivity contribution in [3.8, 4) is 0 Å². The van der Waals surface area contributed by atoms with E-state index in [0.717, 1.165) is 25.7 Å². The fourth-order valence-corrected chi connectivity index (χ4v) is 2.70. The molecule has 0 aromatic carbocycles. The third kappa shape index (κ3) is 4.32. The van der Waals surface area contributed by atoms with Crippen LogP contribution in [0.15, 0.2) is 12.2 Å². The minimum atomic E-state index is -0.200. The maximum Gasteiger partial charge on any atom is 0.306 e. The molecule has 0 aromatic heterocycles. The van der Waals surface area contributed by atoms with Crippen molar-refractivity contribution in [3.63, 3.8) is 0 Å². The van der Waals surface area contributed by atoms with Crippen molar-refractivity contribution < 1.29 is 19.4 Å². The minimum Gasteiger partial charge on any atom is -0.463 e. The number of fused-ring (bicyclic) bond motifs is 1. The van der Waals surface area contributed by atoms with Gasteiger partial charge in [-0.15, -0.1) is 0 Å². The molecule has 2 fully saturated rings. The number of epoxide rings is 1. The van der Waals surface area contributed by atoms with Crippen LogP contribution in [0, 0.1) is 5.92 Å². The molecule has 1 heterocycles. The van der Waals surface area contributed by atoms with E-state index in [1.807, 2.05) is 13.8 Å². The maximum absolute atomic E-state index is 11.3. The average molecular weight is 268 g/mol.